The predicted octanol–water partition coefficient (Wildman–Crippen LogP) is 3.29. The van der Waals surface area contributed by atoms with E-state index in [9.17, 15) is 13.6 Å². The molecule has 1 amide bonds. The highest BCUT2D eigenvalue weighted by Crippen LogP contribution is 2.33. The minimum absolute atomic E-state index is 0.0315. The Morgan fingerprint density at radius 1 is 1.25 bits per heavy atom. The molecule has 28 heavy (non-hydrogen) atoms. The van der Waals surface area contributed by atoms with Crippen LogP contribution in [0.2, 0.25) is 0 Å². The number of halogens is 2. The van der Waals surface area contributed by atoms with Crippen LogP contribution in [0.4, 0.5) is 8.78 Å². The summed E-state index contributed by atoms with van der Waals surface area (Å²) in [5, 5.41) is 2.85. The molecule has 1 aliphatic heterocycles. The van der Waals surface area contributed by atoms with Crippen molar-refractivity contribution in [2.24, 2.45) is 0 Å². The molecule has 3 aromatic rings. The monoisotopic (exact) mass is 386 g/mol. The van der Waals surface area contributed by atoms with Gasteiger partial charge in [0.2, 0.25) is 0 Å². The molecule has 0 fully saturated rings. The standard InChI is InChI=1S/C21H20F2N2O3/c1-27-12-21(15-5-3-2-4-13(15)8-9-28-21)11-24-20(26)18-10-14-16(22)6-7-17(23)19(14)25-18/h2-7,10,25H,8-9,11-12H2,1H3,(H,24,26). The molecule has 1 aromatic heterocycles. The number of aromatic nitrogens is 1. The third kappa shape index (κ3) is 3.16. The van der Waals surface area contributed by atoms with Gasteiger partial charge in [0, 0.05) is 12.5 Å². The van der Waals surface area contributed by atoms with E-state index in [1.807, 2.05) is 24.3 Å². The van der Waals surface area contributed by atoms with Crippen LogP contribution in [0, 0.1) is 11.6 Å². The third-order valence-electron chi connectivity index (χ3n) is 5.10. The van der Waals surface area contributed by atoms with Crippen LogP contribution >= 0.6 is 0 Å². The Morgan fingerprint density at radius 2 is 2.04 bits per heavy atom. The van der Waals surface area contributed by atoms with Crippen molar-refractivity contribution in [3.63, 3.8) is 0 Å². The summed E-state index contributed by atoms with van der Waals surface area (Å²) in [4.78, 5) is 15.3. The molecule has 1 aliphatic rings. The van der Waals surface area contributed by atoms with Crippen molar-refractivity contribution in [1.29, 1.82) is 0 Å². The van der Waals surface area contributed by atoms with Gasteiger partial charge in [0.05, 0.1) is 25.3 Å². The Bertz CT molecular complexity index is 995. The van der Waals surface area contributed by atoms with Crippen molar-refractivity contribution in [2.75, 3.05) is 26.9 Å². The zero-order valence-electron chi connectivity index (χ0n) is 15.4. The van der Waals surface area contributed by atoms with E-state index in [0.717, 1.165) is 29.7 Å². The molecule has 0 radical (unpaired) electrons. The molecule has 2 heterocycles. The van der Waals surface area contributed by atoms with E-state index in [2.05, 4.69) is 10.3 Å². The van der Waals surface area contributed by atoms with Gasteiger partial charge in [-0.05, 0) is 35.7 Å². The predicted molar refractivity (Wildman–Crippen MR) is 100 cm³/mol. The summed E-state index contributed by atoms with van der Waals surface area (Å²) < 4.78 is 39.2. The van der Waals surface area contributed by atoms with Gasteiger partial charge in [-0.25, -0.2) is 8.78 Å². The molecule has 4 rings (SSSR count). The number of benzene rings is 2. The van der Waals surface area contributed by atoms with E-state index in [4.69, 9.17) is 9.47 Å². The van der Waals surface area contributed by atoms with E-state index in [-0.39, 0.29) is 29.7 Å². The zero-order chi connectivity index (χ0) is 19.7. The second-order valence-corrected chi connectivity index (χ2v) is 6.87. The van der Waals surface area contributed by atoms with Gasteiger partial charge in [0.1, 0.15) is 22.9 Å². The first kappa shape index (κ1) is 18.6. The van der Waals surface area contributed by atoms with E-state index >= 15 is 0 Å². The number of rotatable bonds is 5. The second kappa shape index (κ2) is 7.33. The summed E-state index contributed by atoms with van der Waals surface area (Å²) in [6.07, 6.45) is 0.788. The summed E-state index contributed by atoms with van der Waals surface area (Å²) in [7, 11) is 1.58. The lowest BCUT2D eigenvalue weighted by molar-refractivity contribution is -0.0997. The first-order valence-electron chi connectivity index (χ1n) is 9.00. The van der Waals surface area contributed by atoms with Gasteiger partial charge in [0.25, 0.3) is 5.91 Å². The topological polar surface area (TPSA) is 63.3 Å². The Labute approximate surface area is 160 Å². The summed E-state index contributed by atoms with van der Waals surface area (Å²) in [6.45, 7) is 0.941. The first-order chi connectivity index (χ1) is 13.5. The second-order valence-electron chi connectivity index (χ2n) is 6.87. The molecular formula is C21H20F2N2O3. The quantitative estimate of drug-likeness (QED) is 0.707. The minimum Gasteiger partial charge on any atom is -0.381 e. The largest absolute Gasteiger partial charge is 0.381 e. The molecule has 5 nitrogen and oxygen atoms in total. The Kier molecular flexibility index (Phi) is 4.87. The molecule has 146 valence electrons. The maximum atomic E-state index is 13.9. The summed E-state index contributed by atoms with van der Waals surface area (Å²) in [5.74, 6) is -1.68. The van der Waals surface area contributed by atoms with E-state index in [0.29, 0.717) is 6.61 Å². The van der Waals surface area contributed by atoms with Crippen LogP contribution in [-0.2, 0) is 21.5 Å². The van der Waals surface area contributed by atoms with Gasteiger partial charge >= 0.3 is 0 Å². The van der Waals surface area contributed by atoms with Crippen molar-refractivity contribution < 1.29 is 23.0 Å². The highest BCUT2D eigenvalue weighted by molar-refractivity contribution is 5.98. The molecule has 0 spiro atoms. The SMILES string of the molecule is COCC1(CNC(=O)c2cc3c(F)ccc(F)c3[nH]2)OCCc2ccccc21. The summed E-state index contributed by atoms with van der Waals surface area (Å²) in [6, 6.07) is 11.3. The zero-order valence-corrected chi connectivity index (χ0v) is 15.4. The number of amides is 1. The van der Waals surface area contributed by atoms with Crippen molar-refractivity contribution >= 4 is 16.8 Å². The number of nitrogens with one attached hydrogen (secondary N) is 2. The highest BCUT2D eigenvalue weighted by atomic mass is 19.1. The lowest BCUT2D eigenvalue weighted by Gasteiger charge is -2.38. The molecule has 7 heteroatoms. The molecule has 1 unspecified atom stereocenters. The summed E-state index contributed by atoms with van der Waals surface area (Å²) in [5.41, 5.74) is 1.35. The number of carbonyl (C=O) groups excluding carboxylic acids is 1. The fraction of sp³-hybridized carbons (Fsp3) is 0.286. The lowest BCUT2D eigenvalue weighted by Crippen LogP contribution is -2.48. The van der Waals surface area contributed by atoms with Gasteiger partial charge in [-0.2, -0.15) is 0 Å². The van der Waals surface area contributed by atoms with Crippen LogP contribution in [0.1, 0.15) is 21.6 Å². The van der Waals surface area contributed by atoms with Crippen LogP contribution in [0.15, 0.2) is 42.5 Å². The number of aromatic amines is 1. The van der Waals surface area contributed by atoms with E-state index in [1.54, 1.807) is 7.11 Å². The number of ether oxygens (including phenoxy) is 2. The van der Waals surface area contributed by atoms with E-state index < -0.39 is 23.1 Å². The molecule has 0 bridgehead atoms. The van der Waals surface area contributed by atoms with Crippen molar-refractivity contribution in [3.05, 3.63) is 70.9 Å². The van der Waals surface area contributed by atoms with Gasteiger partial charge in [-0.3, -0.25) is 4.79 Å². The third-order valence-corrected chi connectivity index (χ3v) is 5.10. The fourth-order valence-corrected chi connectivity index (χ4v) is 3.76. The van der Waals surface area contributed by atoms with Crippen LogP contribution in [-0.4, -0.2) is 37.8 Å². The van der Waals surface area contributed by atoms with Crippen molar-refractivity contribution in [2.45, 2.75) is 12.0 Å². The number of fused-ring (bicyclic) bond motifs is 2. The van der Waals surface area contributed by atoms with Crippen LogP contribution in [0.25, 0.3) is 10.9 Å². The Balaban J connectivity index is 1.60. The van der Waals surface area contributed by atoms with Gasteiger partial charge < -0.3 is 19.8 Å². The van der Waals surface area contributed by atoms with Crippen LogP contribution in [0.5, 0.6) is 0 Å². The average Bonchev–Trinajstić information content (AvgIpc) is 3.17. The minimum atomic E-state index is -0.818. The van der Waals surface area contributed by atoms with Gasteiger partial charge in [-0.1, -0.05) is 24.3 Å². The Morgan fingerprint density at radius 3 is 2.82 bits per heavy atom. The average molecular weight is 386 g/mol. The molecule has 2 N–H and O–H groups in total. The number of H-pyrrole nitrogens is 1. The van der Waals surface area contributed by atoms with Crippen LogP contribution < -0.4 is 5.32 Å². The molecular weight excluding hydrogens is 366 g/mol. The fourth-order valence-electron chi connectivity index (χ4n) is 3.76. The van der Waals surface area contributed by atoms with Crippen molar-refractivity contribution in [3.8, 4) is 0 Å². The van der Waals surface area contributed by atoms with Gasteiger partial charge in [-0.15, -0.1) is 0 Å². The van der Waals surface area contributed by atoms with Crippen LogP contribution in [0.3, 0.4) is 0 Å². The molecule has 2 aromatic carbocycles. The first-order valence-corrected chi connectivity index (χ1v) is 9.00. The maximum Gasteiger partial charge on any atom is 0.267 e. The molecule has 1 atom stereocenters. The lowest BCUT2D eigenvalue weighted by atomic mass is 9.86. The maximum absolute atomic E-state index is 13.9. The van der Waals surface area contributed by atoms with Gasteiger partial charge in [0.15, 0.2) is 0 Å². The number of carbonyl (C=O) groups is 1. The summed E-state index contributed by atoms with van der Waals surface area (Å²) >= 11 is 0. The Hall–Kier alpha value is -2.77. The normalized spacial score (nSPS) is 18.8. The smallest absolute Gasteiger partial charge is 0.267 e. The molecule has 0 aliphatic carbocycles. The number of methoxy groups -OCH3 is 1. The molecule has 0 saturated heterocycles. The molecule has 0 saturated carbocycles. The number of hydrogen-bond acceptors (Lipinski definition) is 3. The number of hydrogen-bond donors (Lipinski definition) is 2. The van der Waals surface area contributed by atoms with Crippen molar-refractivity contribution in [1.82, 2.24) is 10.3 Å². The highest BCUT2D eigenvalue weighted by Gasteiger charge is 2.38. The van der Waals surface area contributed by atoms with E-state index in [1.165, 1.54) is 6.07 Å².